The van der Waals surface area contributed by atoms with Crippen LogP contribution in [0.25, 0.3) is 0 Å². The fraction of sp³-hybridized carbons (Fsp3) is 0.769. The van der Waals surface area contributed by atoms with Gasteiger partial charge in [0, 0.05) is 0 Å². The van der Waals surface area contributed by atoms with Crippen LogP contribution in [0.5, 0.6) is 0 Å². The van der Waals surface area contributed by atoms with Gasteiger partial charge in [-0.3, -0.25) is 9.59 Å². The lowest BCUT2D eigenvalue weighted by Crippen LogP contribution is -2.69. The number of hydrogen-bond donors (Lipinski definition) is 1. The summed E-state index contributed by atoms with van der Waals surface area (Å²) in [5.74, 6) is 0.406. The van der Waals surface area contributed by atoms with Gasteiger partial charge >= 0.3 is 0 Å². The molecule has 2 fully saturated rings. The number of piperazine rings is 1. The standard InChI is InChI=1S/C13H20N6O2/c1-3-9-11(20)19(8-10-15-17-18(2)16-10)13(12(21)14-9)6-4-5-7-13/h9H,3-8H2,1-2H3,(H,14,21). The Morgan fingerprint density at radius 1 is 1.33 bits per heavy atom. The molecule has 114 valence electrons. The van der Waals surface area contributed by atoms with Crippen molar-refractivity contribution in [3.63, 3.8) is 0 Å². The van der Waals surface area contributed by atoms with E-state index in [1.165, 1.54) is 4.80 Å². The number of hydrogen-bond acceptors (Lipinski definition) is 5. The van der Waals surface area contributed by atoms with Gasteiger partial charge in [0.15, 0.2) is 5.82 Å². The molecular formula is C13H20N6O2. The molecule has 1 unspecified atom stereocenters. The Morgan fingerprint density at radius 3 is 2.62 bits per heavy atom. The number of tetrazole rings is 1. The Kier molecular flexibility index (Phi) is 3.38. The summed E-state index contributed by atoms with van der Waals surface area (Å²) in [5, 5.41) is 14.8. The molecule has 1 aromatic rings. The Morgan fingerprint density at radius 2 is 2.05 bits per heavy atom. The molecule has 1 spiro atoms. The van der Waals surface area contributed by atoms with E-state index in [1.54, 1.807) is 11.9 Å². The molecule has 1 aliphatic carbocycles. The maximum atomic E-state index is 12.7. The molecule has 0 radical (unpaired) electrons. The van der Waals surface area contributed by atoms with Crippen molar-refractivity contribution in [3.8, 4) is 0 Å². The fourth-order valence-corrected chi connectivity index (χ4v) is 3.37. The van der Waals surface area contributed by atoms with Crippen LogP contribution in [0.2, 0.25) is 0 Å². The normalized spacial score (nSPS) is 24.7. The zero-order valence-corrected chi connectivity index (χ0v) is 12.4. The minimum absolute atomic E-state index is 0.0321. The van der Waals surface area contributed by atoms with Gasteiger partial charge < -0.3 is 10.2 Å². The molecule has 0 bridgehead atoms. The molecule has 2 heterocycles. The zero-order chi connectivity index (χ0) is 15.0. The molecule has 3 rings (SSSR count). The van der Waals surface area contributed by atoms with Gasteiger partial charge in [-0.2, -0.15) is 4.80 Å². The average molecular weight is 292 g/mol. The number of carbonyl (C=O) groups excluding carboxylic acids is 2. The summed E-state index contributed by atoms with van der Waals surface area (Å²) in [7, 11) is 1.68. The van der Waals surface area contributed by atoms with Gasteiger partial charge in [0.05, 0.1) is 13.6 Å². The highest BCUT2D eigenvalue weighted by Gasteiger charge is 2.53. The number of rotatable bonds is 3. The minimum atomic E-state index is -0.720. The first-order chi connectivity index (χ1) is 10.1. The number of nitrogens with zero attached hydrogens (tertiary/aromatic N) is 5. The van der Waals surface area contributed by atoms with E-state index in [0.717, 1.165) is 12.8 Å². The Balaban J connectivity index is 1.93. The van der Waals surface area contributed by atoms with Crippen molar-refractivity contribution in [1.29, 1.82) is 0 Å². The van der Waals surface area contributed by atoms with Crippen LogP contribution in [0.3, 0.4) is 0 Å². The van der Waals surface area contributed by atoms with Crippen molar-refractivity contribution in [1.82, 2.24) is 30.4 Å². The zero-order valence-electron chi connectivity index (χ0n) is 12.4. The molecule has 2 amide bonds. The van der Waals surface area contributed by atoms with Crippen LogP contribution < -0.4 is 5.32 Å². The first kappa shape index (κ1) is 14.0. The Bertz CT molecular complexity index is 563. The molecule has 1 saturated carbocycles. The Labute approximate surface area is 122 Å². The molecule has 1 saturated heterocycles. The lowest BCUT2D eigenvalue weighted by Gasteiger charge is -2.45. The third-order valence-electron chi connectivity index (χ3n) is 4.50. The van der Waals surface area contributed by atoms with E-state index in [-0.39, 0.29) is 18.4 Å². The third kappa shape index (κ3) is 2.18. The summed E-state index contributed by atoms with van der Waals surface area (Å²) in [5.41, 5.74) is -0.720. The molecule has 2 aliphatic rings. The van der Waals surface area contributed by atoms with Crippen molar-refractivity contribution < 1.29 is 9.59 Å². The molecule has 0 aromatic carbocycles. The van der Waals surface area contributed by atoms with E-state index >= 15 is 0 Å². The molecule has 1 aliphatic heterocycles. The van der Waals surface area contributed by atoms with E-state index in [2.05, 4.69) is 20.7 Å². The van der Waals surface area contributed by atoms with Gasteiger partial charge in [0.2, 0.25) is 11.8 Å². The second-order valence-corrected chi connectivity index (χ2v) is 5.79. The summed E-state index contributed by atoms with van der Waals surface area (Å²) in [6.45, 7) is 2.14. The van der Waals surface area contributed by atoms with E-state index in [1.807, 2.05) is 6.92 Å². The van der Waals surface area contributed by atoms with Gasteiger partial charge in [-0.05, 0) is 24.5 Å². The van der Waals surface area contributed by atoms with Crippen molar-refractivity contribution in [2.24, 2.45) is 7.05 Å². The molecule has 1 atom stereocenters. The molecule has 8 nitrogen and oxygen atoms in total. The average Bonchev–Trinajstić information content (AvgIpc) is 3.09. The highest BCUT2D eigenvalue weighted by molar-refractivity contribution is 5.99. The largest absolute Gasteiger partial charge is 0.342 e. The lowest BCUT2D eigenvalue weighted by molar-refractivity contribution is -0.158. The van der Waals surface area contributed by atoms with Gasteiger partial charge in [-0.1, -0.05) is 19.8 Å². The number of aromatic nitrogens is 4. The second kappa shape index (κ2) is 5.09. The van der Waals surface area contributed by atoms with Crippen LogP contribution >= 0.6 is 0 Å². The van der Waals surface area contributed by atoms with E-state index in [4.69, 9.17) is 0 Å². The molecule has 21 heavy (non-hydrogen) atoms. The number of nitrogens with one attached hydrogen (secondary N) is 1. The second-order valence-electron chi connectivity index (χ2n) is 5.79. The summed E-state index contributed by atoms with van der Waals surface area (Å²) in [6.07, 6.45) is 3.93. The van der Waals surface area contributed by atoms with Crippen LogP contribution in [0.15, 0.2) is 0 Å². The number of carbonyl (C=O) groups is 2. The third-order valence-corrected chi connectivity index (χ3v) is 4.50. The van der Waals surface area contributed by atoms with E-state index in [0.29, 0.717) is 25.1 Å². The fourth-order valence-electron chi connectivity index (χ4n) is 3.37. The van der Waals surface area contributed by atoms with Crippen LogP contribution in [-0.2, 0) is 23.2 Å². The molecular weight excluding hydrogens is 272 g/mol. The van der Waals surface area contributed by atoms with E-state index in [9.17, 15) is 9.59 Å². The van der Waals surface area contributed by atoms with Crippen molar-refractivity contribution in [2.75, 3.05) is 0 Å². The monoisotopic (exact) mass is 292 g/mol. The molecule has 1 N–H and O–H groups in total. The first-order valence-electron chi connectivity index (χ1n) is 7.42. The van der Waals surface area contributed by atoms with Crippen molar-refractivity contribution in [2.45, 2.75) is 57.2 Å². The maximum absolute atomic E-state index is 12.7. The molecule has 1 aromatic heterocycles. The highest BCUT2D eigenvalue weighted by Crippen LogP contribution is 2.39. The minimum Gasteiger partial charge on any atom is -0.342 e. The van der Waals surface area contributed by atoms with Gasteiger partial charge in [0.1, 0.15) is 11.6 Å². The SMILES string of the molecule is CCC1NC(=O)C2(CCCC2)N(Cc2nnn(C)n2)C1=O. The Hall–Kier alpha value is -1.99. The quantitative estimate of drug-likeness (QED) is 0.830. The maximum Gasteiger partial charge on any atom is 0.246 e. The number of amides is 2. The van der Waals surface area contributed by atoms with Crippen LogP contribution in [-0.4, -0.2) is 48.5 Å². The lowest BCUT2D eigenvalue weighted by atomic mass is 9.89. The van der Waals surface area contributed by atoms with Crippen molar-refractivity contribution >= 4 is 11.8 Å². The predicted molar refractivity (Wildman–Crippen MR) is 72.8 cm³/mol. The topological polar surface area (TPSA) is 93.0 Å². The van der Waals surface area contributed by atoms with Gasteiger partial charge in [-0.25, -0.2) is 0 Å². The van der Waals surface area contributed by atoms with Gasteiger partial charge in [0.25, 0.3) is 0 Å². The van der Waals surface area contributed by atoms with Crippen LogP contribution in [0.4, 0.5) is 0 Å². The highest BCUT2D eigenvalue weighted by atomic mass is 16.2. The summed E-state index contributed by atoms with van der Waals surface area (Å²) in [4.78, 5) is 28.3. The molecule has 8 heteroatoms. The van der Waals surface area contributed by atoms with Gasteiger partial charge in [-0.15, -0.1) is 10.2 Å². The first-order valence-corrected chi connectivity index (χ1v) is 7.42. The van der Waals surface area contributed by atoms with Crippen LogP contribution in [0.1, 0.15) is 44.9 Å². The predicted octanol–water partition coefficient (Wildman–Crippen LogP) is -0.240. The van der Waals surface area contributed by atoms with Crippen molar-refractivity contribution in [3.05, 3.63) is 5.82 Å². The van der Waals surface area contributed by atoms with Crippen LogP contribution in [0, 0.1) is 0 Å². The summed E-state index contributed by atoms with van der Waals surface area (Å²) < 4.78 is 0. The summed E-state index contributed by atoms with van der Waals surface area (Å²) >= 11 is 0. The smallest absolute Gasteiger partial charge is 0.246 e. The number of aryl methyl sites for hydroxylation is 1. The summed E-state index contributed by atoms with van der Waals surface area (Å²) in [6, 6.07) is -0.444. The van der Waals surface area contributed by atoms with E-state index < -0.39 is 11.6 Å².